The van der Waals surface area contributed by atoms with Crippen molar-refractivity contribution in [2.45, 2.75) is 5.41 Å². The first-order chi connectivity index (χ1) is 21.2. The molecule has 0 bridgehead atoms. The minimum absolute atomic E-state index is 0.205. The molecule has 4 aliphatic rings. The second kappa shape index (κ2) is 9.96. The van der Waals surface area contributed by atoms with E-state index in [1.54, 1.807) is 0 Å². The smallest absolute Gasteiger partial charge is 0.0720 e. The van der Waals surface area contributed by atoms with Gasteiger partial charge in [0.15, 0.2) is 0 Å². The lowest BCUT2D eigenvalue weighted by Gasteiger charge is -2.40. The molecule has 0 heteroatoms. The van der Waals surface area contributed by atoms with E-state index in [-0.39, 0.29) is 11.8 Å². The van der Waals surface area contributed by atoms with Gasteiger partial charge in [-0.25, -0.2) is 0 Å². The molecule has 0 nitrogen and oxygen atoms in total. The quantitative estimate of drug-likeness (QED) is 0.234. The van der Waals surface area contributed by atoms with Crippen LogP contribution in [0.15, 0.2) is 188 Å². The third-order valence-electron chi connectivity index (χ3n) is 9.61. The Morgan fingerprint density at radius 3 is 2.05 bits per heavy atom. The van der Waals surface area contributed by atoms with Crippen molar-refractivity contribution >= 4 is 16.3 Å². The maximum atomic E-state index is 4.94. The van der Waals surface area contributed by atoms with Crippen molar-refractivity contribution in [3.05, 3.63) is 210 Å². The summed E-state index contributed by atoms with van der Waals surface area (Å²) in [6.07, 6.45) is 26.2. The van der Waals surface area contributed by atoms with Gasteiger partial charge in [-0.05, 0) is 72.5 Å². The predicted octanol–water partition coefficient (Wildman–Crippen LogP) is 10.6. The van der Waals surface area contributed by atoms with E-state index in [2.05, 4.69) is 158 Å². The van der Waals surface area contributed by atoms with E-state index < -0.39 is 5.41 Å². The number of hydrogen-bond acceptors (Lipinski definition) is 0. The maximum Gasteiger partial charge on any atom is 0.0720 e. The van der Waals surface area contributed by atoms with Gasteiger partial charge >= 0.3 is 0 Å². The molecule has 1 spiro atoms. The van der Waals surface area contributed by atoms with Gasteiger partial charge in [-0.2, -0.15) is 0 Å². The summed E-state index contributed by atoms with van der Waals surface area (Å²) in [4.78, 5) is 0. The second-order valence-electron chi connectivity index (χ2n) is 11.8. The van der Waals surface area contributed by atoms with Crippen molar-refractivity contribution in [3.8, 4) is 11.1 Å². The van der Waals surface area contributed by atoms with Crippen LogP contribution in [-0.2, 0) is 5.41 Å². The van der Waals surface area contributed by atoms with Crippen LogP contribution in [0.4, 0.5) is 0 Å². The number of allylic oxidation sites excluding steroid dienone is 16. The van der Waals surface area contributed by atoms with Crippen molar-refractivity contribution < 1.29 is 0 Å². The summed E-state index contributed by atoms with van der Waals surface area (Å²) >= 11 is 0. The Morgan fingerprint density at radius 1 is 0.605 bits per heavy atom. The highest BCUT2D eigenvalue weighted by Gasteiger charge is 2.50. The molecular formula is C43H32. The summed E-state index contributed by atoms with van der Waals surface area (Å²) < 4.78 is 0. The molecule has 0 aromatic heterocycles. The molecule has 204 valence electrons. The first kappa shape index (κ1) is 25.5. The predicted molar refractivity (Wildman–Crippen MR) is 183 cm³/mol. The summed E-state index contributed by atoms with van der Waals surface area (Å²) in [5.41, 5.74) is 11.7. The van der Waals surface area contributed by atoms with Crippen molar-refractivity contribution in [2.24, 2.45) is 11.8 Å². The molecule has 0 radical (unpaired) electrons. The zero-order chi connectivity index (χ0) is 29.0. The van der Waals surface area contributed by atoms with Crippen LogP contribution in [0.25, 0.3) is 27.5 Å². The van der Waals surface area contributed by atoms with Crippen LogP contribution in [0, 0.1) is 11.8 Å². The molecule has 3 unspecified atom stereocenters. The van der Waals surface area contributed by atoms with E-state index in [9.17, 15) is 0 Å². The van der Waals surface area contributed by atoms with E-state index in [0.717, 1.165) is 16.7 Å². The monoisotopic (exact) mass is 548 g/mol. The third-order valence-corrected chi connectivity index (χ3v) is 9.61. The van der Waals surface area contributed by atoms with Crippen molar-refractivity contribution in [3.63, 3.8) is 0 Å². The van der Waals surface area contributed by atoms with Gasteiger partial charge in [0, 0.05) is 11.8 Å². The normalized spacial score (nSPS) is 27.2. The Balaban J connectivity index is 1.36. The first-order valence-electron chi connectivity index (χ1n) is 15.1. The molecule has 4 aliphatic carbocycles. The average molecular weight is 549 g/mol. The van der Waals surface area contributed by atoms with E-state index in [1.807, 2.05) is 0 Å². The zero-order valence-electron chi connectivity index (χ0n) is 24.1. The fourth-order valence-corrected chi connectivity index (χ4v) is 7.77. The standard InChI is InChI=1S/C43H32/c1-29(33-20-7-5-3-4-6-16-31-17-8-9-21-34(31)33)28-38-30(2)43(40-26-13-11-23-36(38)40)39-25-12-10-22-35(39)37-24-14-18-32-19-15-27-41(43)42(32)37/h3-28,31,34H,1-2H2/b4-3-,7-5-,16-6+,33-20+,38-28+. The number of benzene rings is 4. The van der Waals surface area contributed by atoms with Gasteiger partial charge in [0.2, 0.25) is 0 Å². The molecule has 0 amide bonds. The average Bonchev–Trinajstić information content (AvgIpc) is 3.29. The fourth-order valence-electron chi connectivity index (χ4n) is 7.77. The van der Waals surface area contributed by atoms with Gasteiger partial charge in [0.25, 0.3) is 0 Å². The Hall–Kier alpha value is -5.20. The molecular weight excluding hydrogens is 516 g/mol. The van der Waals surface area contributed by atoms with Gasteiger partial charge in [-0.15, -0.1) is 0 Å². The van der Waals surface area contributed by atoms with Crippen molar-refractivity contribution in [2.75, 3.05) is 0 Å². The van der Waals surface area contributed by atoms with E-state index in [4.69, 9.17) is 13.2 Å². The second-order valence-corrected chi connectivity index (χ2v) is 11.8. The molecule has 3 atom stereocenters. The highest BCUT2D eigenvalue weighted by Crippen LogP contribution is 2.62. The minimum Gasteiger partial charge on any atom is -0.0936 e. The van der Waals surface area contributed by atoms with Gasteiger partial charge in [0.05, 0.1) is 5.41 Å². The van der Waals surface area contributed by atoms with Crippen molar-refractivity contribution in [1.29, 1.82) is 0 Å². The largest absolute Gasteiger partial charge is 0.0936 e. The minimum atomic E-state index is -0.485. The van der Waals surface area contributed by atoms with Crippen LogP contribution >= 0.6 is 0 Å². The van der Waals surface area contributed by atoms with Crippen LogP contribution in [0.2, 0.25) is 0 Å². The third kappa shape index (κ3) is 3.70. The van der Waals surface area contributed by atoms with Crippen LogP contribution in [0.1, 0.15) is 22.3 Å². The molecule has 43 heavy (non-hydrogen) atoms. The molecule has 0 N–H and O–H groups in total. The van der Waals surface area contributed by atoms with E-state index in [0.29, 0.717) is 0 Å². The molecule has 8 rings (SSSR count). The summed E-state index contributed by atoms with van der Waals surface area (Å²) in [6.45, 7) is 9.64. The highest BCUT2D eigenvalue weighted by atomic mass is 14.5. The Bertz CT molecular complexity index is 2060. The van der Waals surface area contributed by atoms with Crippen LogP contribution < -0.4 is 0 Å². The SMILES string of the molecule is C=C(/C=C1\C(=C)C2(c3ccccc31)c1ccccc1-c1cccc3cccc2c13)\C1=C/C=C\C=C/C=C/C2C=CC=CC12. The van der Waals surface area contributed by atoms with Gasteiger partial charge in [-0.1, -0.05) is 165 Å². The van der Waals surface area contributed by atoms with Gasteiger partial charge < -0.3 is 0 Å². The summed E-state index contributed by atoms with van der Waals surface area (Å²) in [5.74, 6) is 0.476. The molecule has 0 saturated heterocycles. The molecule has 0 aliphatic heterocycles. The molecule has 0 heterocycles. The zero-order valence-corrected chi connectivity index (χ0v) is 24.1. The van der Waals surface area contributed by atoms with E-state index in [1.165, 1.54) is 49.7 Å². The van der Waals surface area contributed by atoms with Crippen LogP contribution in [-0.4, -0.2) is 0 Å². The van der Waals surface area contributed by atoms with E-state index >= 15 is 0 Å². The summed E-state index contributed by atoms with van der Waals surface area (Å²) in [5, 5.41) is 2.58. The number of fused-ring (bicyclic) bond motifs is 7. The Labute approximate surface area is 254 Å². The lowest BCUT2D eigenvalue weighted by Crippen LogP contribution is -2.31. The fraction of sp³-hybridized carbons (Fsp3) is 0.0698. The molecule has 0 saturated carbocycles. The summed E-state index contributed by atoms with van der Waals surface area (Å²) in [7, 11) is 0. The van der Waals surface area contributed by atoms with Gasteiger partial charge in [0.1, 0.15) is 0 Å². The van der Waals surface area contributed by atoms with Crippen LogP contribution in [0.5, 0.6) is 0 Å². The number of rotatable bonds is 2. The Kier molecular flexibility index (Phi) is 5.91. The number of hydrogen-bond donors (Lipinski definition) is 0. The lowest BCUT2D eigenvalue weighted by atomic mass is 9.61. The lowest BCUT2D eigenvalue weighted by molar-refractivity contribution is 0.640. The molecule has 0 fully saturated rings. The first-order valence-corrected chi connectivity index (χ1v) is 15.1. The van der Waals surface area contributed by atoms with Crippen LogP contribution in [0.3, 0.4) is 0 Å². The molecule has 4 aromatic rings. The maximum absolute atomic E-state index is 4.94. The molecule has 4 aromatic carbocycles. The topological polar surface area (TPSA) is 0 Å². The summed E-state index contributed by atoms with van der Waals surface area (Å²) in [6, 6.07) is 31.3. The van der Waals surface area contributed by atoms with Crippen molar-refractivity contribution in [1.82, 2.24) is 0 Å². The highest BCUT2D eigenvalue weighted by molar-refractivity contribution is 6.08. The van der Waals surface area contributed by atoms with Gasteiger partial charge in [-0.3, -0.25) is 0 Å². The Morgan fingerprint density at radius 2 is 1.21 bits per heavy atom.